The highest BCUT2D eigenvalue weighted by Crippen LogP contribution is 2.38. The van der Waals surface area contributed by atoms with E-state index in [4.69, 9.17) is 4.74 Å². The summed E-state index contributed by atoms with van der Waals surface area (Å²) in [7, 11) is 1.48. The van der Waals surface area contributed by atoms with E-state index in [0.29, 0.717) is 24.4 Å². The molecule has 3 rings (SSSR count). The summed E-state index contributed by atoms with van der Waals surface area (Å²) in [5.74, 6) is -0.349. The highest BCUT2D eigenvalue weighted by Gasteiger charge is 2.51. The van der Waals surface area contributed by atoms with Crippen LogP contribution >= 0.6 is 0 Å². The number of amides is 3. The molecule has 3 amide bonds. The number of aromatic nitrogens is 1. The van der Waals surface area contributed by atoms with Gasteiger partial charge in [0.25, 0.3) is 5.91 Å². The minimum absolute atomic E-state index is 0.162. The second-order valence-corrected chi connectivity index (χ2v) is 5.40. The zero-order valence-electron chi connectivity index (χ0n) is 11.6. The van der Waals surface area contributed by atoms with Gasteiger partial charge in [0.05, 0.1) is 12.5 Å². The zero-order chi connectivity index (χ0) is 15.0. The zero-order valence-corrected chi connectivity index (χ0v) is 11.6. The number of nitrogens with zero attached hydrogens (tertiary/aromatic N) is 2. The van der Waals surface area contributed by atoms with Crippen LogP contribution in [0.25, 0.3) is 0 Å². The number of rotatable bonds is 2. The number of methoxy groups -OCH3 is 1. The van der Waals surface area contributed by atoms with E-state index in [1.165, 1.54) is 13.3 Å². The normalized spacial score (nSPS) is 24.5. The van der Waals surface area contributed by atoms with Crippen molar-refractivity contribution in [2.75, 3.05) is 20.2 Å². The van der Waals surface area contributed by atoms with E-state index in [2.05, 4.69) is 10.3 Å². The van der Waals surface area contributed by atoms with Gasteiger partial charge in [-0.05, 0) is 12.5 Å². The quantitative estimate of drug-likeness (QED) is 0.772. The van der Waals surface area contributed by atoms with Gasteiger partial charge in [-0.2, -0.15) is 0 Å². The van der Waals surface area contributed by atoms with Crippen LogP contribution in [0, 0.1) is 5.41 Å². The van der Waals surface area contributed by atoms with Crippen LogP contribution in [0.4, 0.5) is 0 Å². The molecular formula is C14H15N3O4. The fourth-order valence-corrected chi connectivity index (χ4v) is 2.90. The Morgan fingerprint density at radius 1 is 1.48 bits per heavy atom. The van der Waals surface area contributed by atoms with Crippen molar-refractivity contribution in [2.24, 2.45) is 5.41 Å². The Kier molecular flexibility index (Phi) is 3.12. The van der Waals surface area contributed by atoms with Gasteiger partial charge in [0.15, 0.2) is 0 Å². The summed E-state index contributed by atoms with van der Waals surface area (Å²) in [4.78, 5) is 41.3. The Labute approximate surface area is 121 Å². The number of imide groups is 1. The maximum atomic E-state index is 12.5. The Bertz CT molecular complexity index is 630. The van der Waals surface area contributed by atoms with Crippen LogP contribution in [0.1, 0.15) is 23.2 Å². The molecule has 1 aromatic heterocycles. The molecule has 1 atom stereocenters. The molecule has 0 aliphatic carbocycles. The minimum atomic E-state index is -0.746. The monoisotopic (exact) mass is 289 g/mol. The molecule has 1 unspecified atom stereocenters. The molecule has 1 N–H and O–H groups in total. The van der Waals surface area contributed by atoms with E-state index >= 15 is 0 Å². The van der Waals surface area contributed by atoms with Crippen molar-refractivity contribution < 1.29 is 19.1 Å². The van der Waals surface area contributed by atoms with Gasteiger partial charge in [-0.3, -0.25) is 19.7 Å². The van der Waals surface area contributed by atoms with Crippen LogP contribution in [-0.4, -0.2) is 47.8 Å². The summed E-state index contributed by atoms with van der Waals surface area (Å²) in [5.41, 5.74) is -0.284. The summed E-state index contributed by atoms with van der Waals surface area (Å²) in [6.45, 7) is 0.734. The smallest absolute Gasteiger partial charge is 0.254 e. The van der Waals surface area contributed by atoms with E-state index in [0.717, 1.165) is 0 Å². The van der Waals surface area contributed by atoms with Crippen molar-refractivity contribution >= 4 is 17.7 Å². The largest absolute Gasteiger partial charge is 0.481 e. The molecule has 1 spiro atoms. The lowest BCUT2D eigenvalue weighted by Crippen LogP contribution is -2.36. The van der Waals surface area contributed by atoms with Crippen LogP contribution in [0.3, 0.4) is 0 Å². The summed E-state index contributed by atoms with van der Waals surface area (Å²) in [5, 5.41) is 2.32. The molecule has 7 heteroatoms. The van der Waals surface area contributed by atoms with Crippen LogP contribution < -0.4 is 10.1 Å². The molecule has 110 valence electrons. The van der Waals surface area contributed by atoms with Gasteiger partial charge in [0.2, 0.25) is 17.7 Å². The second-order valence-electron chi connectivity index (χ2n) is 5.40. The summed E-state index contributed by atoms with van der Waals surface area (Å²) in [6, 6.07) is 3.17. The van der Waals surface area contributed by atoms with Crippen LogP contribution in [-0.2, 0) is 9.59 Å². The van der Waals surface area contributed by atoms with E-state index in [1.54, 1.807) is 17.0 Å². The van der Waals surface area contributed by atoms with Crippen LogP contribution in [0.15, 0.2) is 18.3 Å². The van der Waals surface area contributed by atoms with Crippen molar-refractivity contribution in [1.82, 2.24) is 15.2 Å². The first-order valence-corrected chi connectivity index (χ1v) is 6.68. The Hall–Kier alpha value is -2.44. The second kappa shape index (κ2) is 4.83. The molecule has 1 aromatic rings. The SMILES string of the molecule is COc1cc(C(=O)N2CCC3(CC(=O)NC3=O)C2)ccn1. The van der Waals surface area contributed by atoms with Crippen LogP contribution in [0.2, 0.25) is 0 Å². The van der Waals surface area contributed by atoms with Crippen molar-refractivity contribution in [3.05, 3.63) is 23.9 Å². The Balaban J connectivity index is 1.78. The molecule has 0 aromatic carbocycles. The predicted octanol–water partition coefficient (Wildman–Crippen LogP) is -0.0310. The first-order valence-electron chi connectivity index (χ1n) is 6.68. The lowest BCUT2D eigenvalue weighted by molar-refractivity contribution is -0.128. The van der Waals surface area contributed by atoms with Gasteiger partial charge >= 0.3 is 0 Å². The first-order chi connectivity index (χ1) is 10.0. The highest BCUT2D eigenvalue weighted by atomic mass is 16.5. The van der Waals surface area contributed by atoms with Crippen LogP contribution in [0.5, 0.6) is 5.88 Å². The molecule has 2 saturated heterocycles. The van der Waals surface area contributed by atoms with Gasteiger partial charge in [0.1, 0.15) is 0 Å². The molecule has 21 heavy (non-hydrogen) atoms. The van der Waals surface area contributed by atoms with Crippen molar-refractivity contribution in [1.29, 1.82) is 0 Å². The molecule has 3 heterocycles. The summed E-state index contributed by atoms with van der Waals surface area (Å²) < 4.78 is 5.00. The summed E-state index contributed by atoms with van der Waals surface area (Å²) >= 11 is 0. The molecule has 0 radical (unpaired) electrons. The third kappa shape index (κ3) is 2.24. The average molecular weight is 289 g/mol. The molecule has 2 fully saturated rings. The number of likely N-dealkylation sites (tertiary alicyclic amines) is 1. The van der Waals surface area contributed by atoms with E-state index < -0.39 is 5.41 Å². The number of hydrogen-bond donors (Lipinski definition) is 1. The lowest BCUT2D eigenvalue weighted by atomic mass is 9.85. The van der Waals surface area contributed by atoms with E-state index in [-0.39, 0.29) is 30.7 Å². The van der Waals surface area contributed by atoms with Gasteiger partial charge in [-0.25, -0.2) is 4.98 Å². The van der Waals surface area contributed by atoms with Crippen molar-refractivity contribution in [3.63, 3.8) is 0 Å². The number of nitrogens with one attached hydrogen (secondary N) is 1. The molecular weight excluding hydrogens is 274 g/mol. The number of carbonyl (C=O) groups excluding carboxylic acids is 3. The third-order valence-corrected chi connectivity index (χ3v) is 4.07. The lowest BCUT2D eigenvalue weighted by Gasteiger charge is -2.20. The third-order valence-electron chi connectivity index (χ3n) is 4.07. The number of ether oxygens (including phenoxy) is 1. The average Bonchev–Trinajstić information content (AvgIpc) is 3.03. The number of pyridine rings is 1. The Morgan fingerprint density at radius 3 is 2.95 bits per heavy atom. The standard InChI is InChI=1S/C14H15N3O4/c1-21-11-6-9(2-4-15-11)12(19)17-5-3-14(8-17)7-10(18)16-13(14)20/h2,4,6H,3,5,7-8H2,1H3,(H,16,18,20). The van der Waals surface area contributed by atoms with Crippen molar-refractivity contribution in [2.45, 2.75) is 12.8 Å². The maximum absolute atomic E-state index is 12.5. The molecule has 7 nitrogen and oxygen atoms in total. The summed E-state index contributed by atoms with van der Waals surface area (Å²) in [6.07, 6.45) is 2.18. The molecule has 2 aliphatic heterocycles. The fraction of sp³-hybridized carbons (Fsp3) is 0.429. The van der Waals surface area contributed by atoms with Gasteiger partial charge in [0, 0.05) is 37.3 Å². The topological polar surface area (TPSA) is 88.6 Å². The molecule has 2 aliphatic rings. The maximum Gasteiger partial charge on any atom is 0.254 e. The van der Waals surface area contributed by atoms with E-state index in [9.17, 15) is 14.4 Å². The van der Waals surface area contributed by atoms with Gasteiger partial charge in [-0.15, -0.1) is 0 Å². The predicted molar refractivity (Wildman–Crippen MR) is 71.5 cm³/mol. The molecule has 0 saturated carbocycles. The van der Waals surface area contributed by atoms with Crippen molar-refractivity contribution in [3.8, 4) is 5.88 Å². The Morgan fingerprint density at radius 2 is 2.29 bits per heavy atom. The molecule has 0 bridgehead atoms. The van der Waals surface area contributed by atoms with E-state index in [1.807, 2.05) is 0 Å². The fourth-order valence-electron chi connectivity index (χ4n) is 2.90. The number of carbonyl (C=O) groups is 3. The van der Waals surface area contributed by atoms with Gasteiger partial charge < -0.3 is 9.64 Å². The highest BCUT2D eigenvalue weighted by molar-refractivity contribution is 6.06. The minimum Gasteiger partial charge on any atom is -0.481 e. The first kappa shape index (κ1) is 13.5. The van der Waals surface area contributed by atoms with Gasteiger partial charge in [-0.1, -0.05) is 0 Å². The number of hydrogen-bond acceptors (Lipinski definition) is 5.